The van der Waals surface area contributed by atoms with Gasteiger partial charge in [0, 0.05) is 12.5 Å². The first-order valence-electron chi connectivity index (χ1n) is 10.2. The Balaban J connectivity index is 2.39. The van der Waals surface area contributed by atoms with Gasteiger partial charge in [-0.05, 0) is 49.9 Å². The second-order valence-electron chi connectivity index (χ2n) is 8.40. The topological polar surface area (TPSA) is 122 Å². The van der Waals surface area contributed by atoms with E-state index in [0.717, 1.165) is 32.1 Å². The first kappa shape index (κ1) is 23.4. The third-order valence-corrected chi connectivity index (χ3v) is 5.66. The number of amides is 2. The van der Waals surface area contributed by atoms with Crippen molar-refractivity contribution in [3.8, 4) is 0 Å². The molecule has 3 atom stereocenters. The van der Waals surface area contributed by atoms with Gasteiger partial charge in [0.15, 0.2) is 0 Å². The van der Waals surface area contributed by atoms with Crippen molar-refractivity contribution in [3.05, 3.63) is 0 Å². The highest BCUT2D eigenvalue weighted by Crippen LogP contribution is 2.28. The van der Waals surface area contributed by atoms with Crippen molar-refractivity contribution in [3.63, 3.8) is 0 Å². The molecular formula is C20H37N3O4. The monoisotopic (exact) mass is 383 g/mol. The van der Waals surface area contributed by atoms with Crippen molar-refractivity contribution in [2.24, 2.45) is 29.4 Å². The smallest absolute Gasteiger partial charge is 0.326 e. The molecule has 0 saturated heterocycles. The average Bonchev–Trinajstić information content (AvgIpc) is 2.64. The van der Waals surface area contributed by atoms with Crippen LogP contribution in [0.5, 0.6) is 0 Å². The molecule has 1 saturated carbocycles. The molecule has 1 aliphatic rings. The van der Waals surface area contributed by atoms with Crippen LogP contribution in [0.4, 0.5) is 0 Å². The van der Waals surface area contributed by atoms with Crippen LogP contribution in [0.15, 0.2) is 0 Å². The van der Waals surface area contributed by atoms with Crippen molar-refractivity contribution in [1.82, 2.24) is 10.6 Å². The Bertz CT molecular complexity index is 501. The van der Waals surface area contributed by atoms with Gasteiger partial charge in [-0.15, -0.1) is 0 Å². The van der Waals surface area contributed by atoms with E-state index in [-0.39, 0.29) is 29.6 Å². The minimum atomic E-state index is -0.980. The van der Waals surface area contributed by atoms with Gasteiger partial charge in [0.05, 0.1) is 6.04 Å². The van der Waals surface area contributed by atoms with Gasteiger partial charge < -0.3 is 21.5 Å². The zero-order valence-electron chi connectivity index (χ0n) is 17.2. The molecule has 2 amide bonds. The summed E-state index contributed by atoms with van der Waals surface area (Å²) in [5, 5.41) is 14.9. The van der Waals surface area contributed by atoms with E-state index in [1.54, 1.807) is 0 Å². The lowest BCUT2D eigenvalue weighted by molar-refractivity contribution is -0.143. The number of hydrogen-bond donors (Lipinski definition) is 4. The summed E-state index contributed by atoms with van der Waals surface area (Å²) in [6, 6.07) is -1.30. The minimum Gasteiger partial charge on any atom is -0.480 e. The number of carbonyl (C=O) groups excluding carboxylic acids is 2. The van der Waals surface area contributed by atoms with Gasteiger partial charge in [0.2, 0.25) is 11.8 Å². The summed E-state index contributed by atoms with van der Waals surface area (Å²) in [5.74, 6) is -0.705. The number of rotatable bonds is 10. The Morgan fingerprint density at radius 1 is 1.11 bits per heavy atom. The molecule has 0 spiro atoms. The highest BCUT2D eigenvalue weighted by atomic mass is 16.4. The van der Waals surface area contributed by atoms with Gasteiger partial charge in [0.25, 0.3) is 0 Å². The van der Waals surface area contributed by atoms with Crippen molar-refractivity contribution >= 4 is 17.8 Å². The Kier molecular flexibility index (Phi) is 9.77. The van der Waals surface area contributed by atoms with E-state index in [2.05, 4.69) is 10.6 Å². The fourth-order valence-corrected chi connectivity index (χ4v) is 3.49. The first-order chi connectivity index (χ1) is 12.6. The molecular weight excluding hydrogens is 346 g/mol. The molecule has 0 aromatic carbocycles. The number of carboxylic acid groups (broad SMARTS) is 1. The maximum atomic E-state index is 12.4. The second kappa shape index (κ2) is 11.3. The van der Waals surface area contributed by atoms with Gasteiger partial charge in [0.1, 0.15) is 6.04 Å². The normalized spacial score (nSPS) is 23.3. The molecule has 0 aromatic heterocycles. The zero-order chi connectivity index (χ0) is 20.6. The lowest BCUT2D eigenvalue weighted by Gasteiger charge is -2.29. The number of nitrogens with one attached hydrogen (secondary N) is 2. The Hall–Kier alpha value is -1.63. The minimum absolute atomic E-state index is 0.109. The van der Waals surface area contributed by atoms with E-state index in [4.69, 9.17) is 5.73 Å². The molecule has 1 fully saturated rings. The molecule has 27 heavy (non-hydrogen) atoms. The Labute approximate surface area is 162 Å². The predicted octanol–water partition coefficient (Wildman–Crippen LogP) is 1.90. The van der Waals surface area contributed by atoms with Gasteiger partial charge >= 0.3 is 5.97 Å². The fourth-order valence-electron chi connectivity index (χ4n) is 3.49. The molecule has 0 radical (unpaired) electrons. The predicted molar refractivity (Wildman–Crippen MR) is 105 cm³/mol. The van der Waals surface area contributed by atoms with Crippen molar-refractivity contribution in [2.45, 2.75) is 78.3 Å². The van der Waals surface area contributed by atoms with Crippen LogP contribution in [0.25, 0.3) is 0 Å². The molecule has 0 bridgehead atoms. The summed E-state index contributed by atoms with van der Waals surface area (Å²) in [6.07, 6.45) is 4.43. The molecule has 0 aromatic rings. The van der Waals surface area contributed by atoms with E-state index in [0.29, 0.717) is 18.9 Å². The van der Waals surface area contributed by atoms with Gasteiger partial charge in [-0.1, -0.05) is 34.1 Å². The molecule has 0 unspecified atom stereocenters. The van der Waals surface area contributed by atoms with Gasteiger partial charge in [-0.2, -0.15) is 0 Å². The van der Waals surface area contributed by atoms with Crippen LogP contribution in [-0.2, 0) is 14.4 Å². The van der Waals surface area contributed by atoms with Crippen molar-refractivity contribution in [1.29, 1.82) is 0 Å². The number of carboxylic acids is 1. The van der Waals surface area contributed by atoms with E-state index in [1.807, 2.05) is 27.7 Å². The quantitative estimate of drug-likeness (QED) is 0.459. The second-order valence-corrected chi connectivity index (χ2v) is 8.40. The summed E-state index contributed by atoms with van der Waals surface area (Å²) in [7, 11) is 0. The first-order valence-corrected chi connectivity index (χ1v) is 10.2. The highest BCUT2D eigenvalue weighted by molar-refractivity contribution is 5.85. The highest BCUT2D eigenvalue weighted by Gasteiger charge is 2.30. The number of carbonyl (C=O) groups is 3. The maximum Gasteiger partial charge on any atom is 0.326 e. The number of hydrogen-bond acceptors (Lipinski definition) is 4. The molecule has 5 N–H and O–H groups in total. The van der Waals surface area contributed by atoms with Gasteiger partial charge in [-0.25, -0.2) is 4.79 Å². The van der Waals surface area contributed by atoms with Crippen LogP contribution in [0.2, 0.25) is 0 Å². The molecule has 1 aliphatic carbocycles. The zero-order valence-corrected chi connectivity index (χ0v) is 17.2. The number of nitrogens with two attached hydrogens (primary N) is 1. The van der Waals surface area contributed by atoms with E-state index in [1.165, 1.54) is 0 Å². The van der Waals surface area contributed by atoms with E-state index < -0.39 is 18.1 Å². The van der Waals surface area contributed by atoms with Gasteiger partial charge in [-0.3, -0.25) is 9.59 Å². The Morgan fingerprint density at radius 2 is 1.70 bits per heavy atom. The summed E-state index contributed by atoms with van der Waals surface area (Å²) in [5.41, 5.74) is 5.94. The van der Waals surface area contributed by atoms with Crippen LogP contribution in [0.1, 0.15) is 66.2 Å². The van der Waals surface area contributed by atoms with Crippen LogP contribution in [0, 0.1) is 23.7 Å². The maximum absolute atomic E-state index is 12.4. The molecule has 7 nitrogen and oxygen atoms in total. The van der Waals surface area contributed by atoms with E-state index >= 15 is 0 Å². The lowest BCUT2D eigenvalue weighted by Crippen LogP contribution is -2.47. The molecule has 156 valence electrons. The summed E-state index contributed by atoms with van der Waals surface area (Å²) < 4.78 is 0. The van der Waals surface area contributed by atoms with E-state index in [9.17, 15) is 19.5 Å². The standard InChI is InChI=1S/C20H37N3O4/c1-5-13(4)17(21)19(25)22-11-14-6-8-15(9-7-14)18(24)23-16(20(26)27)10-12(2)3/h12-17H,5-11,21H2,1-4H3,(H,22,25)(H,23,24)(H,26,27)/t13-,14?,15?,16+,17-/m0/s1. The Morgan fingerprint density at radius 3 is 2.19 bits per heavy atom. The SMILES string of the molecule is CC[C@H](C)[C@H](N)C(=O)NCC1CCC(C(=O)N[C@H](CC(C)C)C(=O)O)CC1. The number of aliphatic carboxylic acids is 1. The van der Waals surface area contributed by atoms with Crippen LogP contribution >= 0.6 is 0 Å². The molecule has 7 heteroatoms. The summed E-state index contributed by atoms with van der Waals surface area (Å²) >= 11 is 0. The fraction of sp³-hybridized carbons (Fsp3) is 0.850. The van der Waals surface area contributed by atoms with Crippen molar-refractivity contribution in [2.75, 3.05) is 6.54 Å². The van der Waals surface area contributed by atoms with Crippen LogP contribution < -0.4 is 16.4 Å². The summed E-state index contributed by atoms with van der Waals surface area (Å²) in [6.45, 7) is 8.45. The van der Waals surface area contributed by atoms with Crippen molar-refractivity contribution < 1.29 is 19.5 Å². The molecule has 1 rings (SSSR count). The third-order valence-electron chi connectivity index (χ3n) is 5.66. The third kappa shape index (κ3) is 7.87. The lowest BCUT2D eigenvalue weighted by atomic mass is 9.81. The molecule has 0 heterocycles. The molecule has 0 aliphatic heterocycles. The largest absolute Gasteiger partial charge is 0.480 e. The van der Waals surface area contributed by atoms with Crippen LogP contribution in [-0.4, -0.2) is 41.5 Å². The van der Waals surface area contributed by atoms with Crippen LogP contribution in [0.3, 0.4) is 0 Å². The average molecular weight is 384 g/mol. The summed E-state index contributed by atoms with van der Waals surface area (Å²) in [4.78, 5) is 35.8.